The van der Waals surface area contributed by atoms with Gasteiger partial charge in [-0.2, -0.15) is 0 Å². The normalized spacial score (nSPS) is 10.2. The second kappa shape index (κ2) is 3.09. The smallest absolute Gasteiger partial charge is 0.147 e. The third kappa shape index (κ3) is 1.26. The quantitative estimate of drug-likeness (QED) is 0.595. The van der Waals surface area contributed by atoms with Crippen molar-refractivity contribution in [2.75, 3.05) is 7.11 Å². The molecule has 2 nitrogen and oxygen atoms in total. The van der Waals surface area contributed by atoms with Gasteiger partial charge >= 0.3 is 0 Å². The Morgan fingerprint density at radius 3 is 2.85 bits per heavy atom. The molecule has 1 heterocycles. The summed E-state index contributed by atoms with van der Waals surface area (Å²) in [7, 11) is 7.26. The first-order valence-electron chi connectivity index (χ1n) is 4.00. The van der Waals surface area contributed by atoms with Crippen LogP contribution in [0.25, 0.3) is 10.8 Å². The number of hydrogen-bond acceptors (Lipinski definition) is 2. The van der Waals surface area contributed by atoms with E-state index in [-0.39, 0.29) is 0 Å². The van der Waals surface area contributed by atoms with E-state index in [9.17, 15) is 0 Å². The number of hydrogen-bond donors (Lipinski definition) is 0. The number of pyridine rings is 1. The van der Waals surface area contributed by atoms with E-state index in [0.717, 1.165) is 10.8 Å². The van der Waals surface area contributed by atoms with Crippen molar-refractivity contribution in [3.63, 3.8) is 0 Å². The molecule has 13 heavy (non-hydrogen) atoms. The molecule has 0 amide bonds. The van der Waals surface area contributed by atoms with Crippen LogP contribution >= 0.6 is 0 Å². The van der Waals surface area contributed by atoms with E-state index in [2.05, 4.69) is 4.98 Å². The minimum atomic E-state index is 0.432. The Bertz CT molecular complexity index is 442. The van der Waals surface area contributed by atoms with Gasteiger partial charge in [0.1, 0.15) is 13.6 Å². The Balaban J connectivity index is 2.84. The summed E-state index contributed by atoms with van der Waals surface area (Å²) in [5.74, 6) is 0.651. The van der Waals surface area contributed by atoms with Gasteiger partial charge in [-0.05, 0) is 0 Å². The predicted molar refractivity (Wildman–Crippen MR) is 53.7 cm³/mol. The first-order valence-corrected chi connectivity index (χ1v) is 4.00. The molecule has 0 atom stereocenters. The topological polar surface area (TPSA) is 22.1 Å². The highest BCUT2D eigenvalue weighted by molar-refractivity contribution is 6.34. The monoisotopic (exact) mass is 169 g/mol. The molecule has 2 aromatic rings. The lowest BCUT2D eigenvalue weighted by molar-refractivity contribution is 0.422. The van der Waals surface area contributed by atoms with Gasteiger partial charge in [0.25, 0.3) is 0 Å². The van der Waals surface area contributed by atoms with Crippen LogP contribution in [0, 0.1) is 0 Å². The molecular weight excluding hydrogens is 161 g/mol. The fourth-order valence-electron chi connectivity index (χ4n) is 1.37. The van der Waals surface area contributed by atoms with Crippen LogP contribution < -0.4 is 10.3 Å². The number of nitrogens with zero attached hydrogens (tertiary/aromatic N) is 1. The Kier molecular flexibility index (Phi) is 1.93. The molecule has 1 aromatic heterocycles. The summed E-state index contributed by atoms with van der Waals surface area (Å²) >= 11 is 0. The van der Waals surface area contributed by atoms with Gasteiger partial charge in [0, 0.05) is 22.6 Å². The average molecular weight is 169 g/mol. The first kappa shape index (κ1) is 8.11. The third-order valence-corrected chi connectivity index (χ3v) is 1.98. The van der Waals surface area contributed by atoms with Crippen LogP contribution in [0.2, 0.25) is 0 Å². The number of fused-ring (bicyclic) bond motifs is 1. The van der Waals surface area contributed by atoms with Crippen molar-refractivity contribution in [2.45, 2.75) is 0 Å². The van der Waals surface area contributed by atoms with Gasteiger partial charge in [-0.25, -0.2) is 0 Å². The molecule has 2 radical (unpaired) electrons. The molecule has 2 rings (SSSR count). The van der Waals surface area contributed by atoms with Crippen molar-refractivity contribution in [3.05, 3.63) is 30.5 Å². The minimum Gasteiger partial charge on any atom is -0.495 e. The van der Waals surface area contributed by atoms with Crippen LogP contribution in [0.1, 0.15) is 0 Å². The van der Waals surface area contributed by atoms with E-state index in [1.165, 1.54) is 0 Å². The Hall–Kier alpha value is -1.51. The number of benzene rings is 1. The van der Waals surface area contributed by atoms with Gasteiger partial charge in [-0.1, -0.05) is 24.3 Å². The molecule has 0 spiro atoms. The largest absolute Gasteiger partial charge is 0.495 e. The summed E-state index contributed by atoms with van der Waals surface area (Å²) in [5, 5.41) is 2.03. The Morgan fingerprint density at radius 1 is 1.31 bits per heavy atom. The highest BCUT2D eigenvalue weighted by Gasteiger charge is 2.03. The molecular formula is C10H8BNO. The summed E-state index contributed by atoms with van der Waals surface area (Å²) in [6.45, 7) is 0. The van der Waals surface area contributed by atoms with Crippen LogP contribution in [0.3, 0.4) is 0 Å². The zero-order chi connectivity index (χ0) is 9.26. The molecule has 0 fully saturated rings. The lowest BCUT2D eigenvalue weighted by Gasteiger charge is -2.07. The fraction of sp³-hybridized carbons (Fsp3) is 0.100. The molecule has 0 saturated carbocycles. The van der Waals surface area contributed by atoms with E-state index in [1.54, 1.807) is 13.3 Å². The molecule has 0 unspecified atom stereocenters. The number of rotatable bonds is 1. The van der Waals surface area contributed by atoms with Gasteiger partial charge in [0.15, 0.2) is 0 Å². The molecule has 0 aliphatic carbocycles. The lowest BCUT2D eigenvalue weighted by Crippen LogP contribution is -2.11. The number of aromatic nitrogens is 1. The molecule has 0 saturated heterocycles. The summed E-state index contributed by atoms with van der Waals surface area (Å²) in [6.07, 6.45) is 1.74. The van der Waals surface area contributed by atoms with Crippen molar-refractivity contribution in [1.82, 2.24) is 4.98 Å². The van der Waals surface area contributed by atoms with Crippen LogP contribution in [-0.4, -0.2) is 19.9 Å². The fourth-order valence-corrected chi connectivity index (χ4v) is 1.37. The van der Waals surface area contributed by atoms with Gasteiger partial charge in [0.2, 0.25) is 0 Å². The molecule has 62 valence electrons. The minimum absolute atomic E-state index is 0.432. The maximum atomic E-state index is 5.66. The average Bonchev–Trinajstić information content (AvgIpc) is 2.18. The van der Waals surface area contributed by atoms with Crippen LogP contribution in [0.4, 0.5) is 0 Å². The second-order valence-electron chi connectivity index (χ2n) is 2.76. The van der Waals surface area contributed by atoms with Gasteiger partial charge < -0.3 is 4.74 Å². The Labute approximate surface area is 78.0 Å². The van der Waals surface area contributed by atoms with Gasteiger partial charge in [-0.15, -0.1) is 0 Å². The second-order valence-corrected chi connectivity index (χ2v) is 2.76. The highest BCUT2D eigenvalue weighted by atomic mass is 16.5. The highest BCUT2D eigenvalue weighted by Crippen LogP contribution is 2.20. The van der Waals surface area contributed by atoms with E-state index >= 15 is 0 Å². The van der Waals surface area contributed by atoms with Crippen molar-refractivity contribution < 1.29 is 4.74 Å². The lowest BCUT2D eigenvalue weighted by atomic mass is 9.99. The molecule has 0 N–H and O–H groups in total. The molecule has 1 aromatic carbocycles. The van der Waals surface area contributed by atoms with Crippen molar-refractivity contribution >= 4 is 24.2 Å². The maximum absolute atomic E-state index is 5.66. The van der Waals surface area contributed by atoms with Crippen LogP contribution in [-0.2, 0) is 0 Å². The maximum Gasteiger partial charge on any atom is 0.147 e. The van der Waals surface area contributed by atoms with Gasteiger partial charge in [-0.3, -0.25) is 4.98 Å². The predicted octanol–water partition coefficient (Wildman–Crippen LogP) is 1.04. The Morgan fingerprint density at radius 2 is 2.08 bits per heavy atom. The van der Waals surface area contributed by atoms with Crippen LogP contribution in [0.15, 0.2) is 30.5 Å². The molecule has 0 aliphatic rings. The SMILES string of the molecule is [B]c1ncc2ccccc2c1OC. The zero-order valence-corrected chi connectivity index (χ0v) is 7.32. The van der Waals surface area contributed by atoms with E-state index in [0.29, 0.717) is 11.3 Å². The zero-order valence-electron chi connectivity index (χ0n) is 7.32. The number of methoxy groups -OCH3 is 1. The standard InChI is InChI=1S/C10H8BNO/c1-13-9-8-5-3-2-4-7(8)6-12-10(9)11/h2-6H,1H3. The van der Waals surface area contributed by atoms with Crippen LogP contribution in [0.5, 0.6) is 5.75 Å². The van der Waals surface area contributed by atoms with Crippen molar-refractivity contribution in [2.24, 2.45) is 0 Å². The summed E-state index contributed by atoms with van der Waals surface area (Å²) in [4.78, 5) is 4.03. The molecule has 0 aliphatic heterocycles. The van der Waals surface area contributed by atoms with Gasteiger partial charge in [0.05, 0.1) is 7.11 Å². The van der Waals surface area contributed by atoms with E-state index in [4.69, 9.17) is 12.6 Å². The van der Waals surface area contributed by atoms with E-state index < -0.39 is 0 Å². The summed E-state index contributed by atoms with van der Waals surface area (Å²) < 4.78 is 5.17. The molecule has 0 bridgehead atoms. The molecule has 3 heteroatoms. The summed E-state index contributed by atoms with van der Waals surface area (Å²) in [5.41, 5.74) is 0.432. The van der Waals surface area contributed by atoms with Crippen molar-refractivity contribution in [1.29, 1.82) is 0 Å². The number of ether oxygens (including phenoxy) is 1. The van der Waals surface area contributed by atoms with E-state index in [1.807, 2.05) is 24.3 Å². The first-order chi connectivity index (χ1) is 6.33. The third-order valence-electron chi connectivity index (χ3n) is 1.98. The summed E-state index contributed by atoms with van der Waals surface area (Å²) in [6, 6.07) is 7.85. The van der Waals surface area contributed by atoms with Crippen molar-refractivity contribution in [3.8, 4) is 5.75 Å².